The van der Waals surface area contributed by atoms with E-state index in [0.717, 1.165) is 79.9 Å². The van der Waals surface area contributed by atoms with E-state index in [9.17, 15) is 9.90 Å². The third-order valence-corrected chi connectivity index (χ3v) is 8.93. The molecule has 2 aromatic rings. The van der Waals surface area contributed by atoms with Crippen molar-refractivity contribution in [3.63, 3.8) is 0 Å². The zero-order valence-corrected chi connectivity index (χ0v) is 21.5. The van der Waals surface area contributed by atoms with Gasteiger partial charge in [0, 0.05) is 31.3 Å². The molecule has 192 valence electrons. The minimum absolute atomic E-state index is 0.0847. The Hall–Kier alpha value is -2.48. The summed E-state index contributed by atoms with van der Waals surface area (Å²) in [6.07, 6.45) is 7.46. The Morgan fingerprint density at radius 3 is 2.92 bits per heavy atom. The Labute approximate surface area is 213 Å². The number of ether oxygens (including phenoxy) is 2. The molecule has 4 aliphatic rings. The maximum absolute atomic E-state index is 12.5. The lowest BCUT2D eigenvalue weighted by Gasteiger charge is -2.57. The Bertz CT molecular complexity index is 1180. The molecule has 0 amide bonds. The fourth-order valence-corrected chi connectivity index (χ4v) is 7.19. The van der Waals surface area contributed by atoms with Gasteiger partial charge in [0.25, 0.3) is 0 Å². The van der Waals surface area contributed by atoms with Gasteiger partial charge in [0.1, 0.15) is 18.9 Å². The molecule has 1 aromatic carbocycles. The molecule has 1 fully saturated rings. The van der Waals surface area contributed by atoms with Gasteiger partial charge in [-0.05, 0) is 68.7 Å². The van der Waals surface area contributed by atoms with Gasteiger partial charge in [0.15, 0.2) is 6.10 Å². The summed E-state index contributed by atoms with van der Waals surface area (Å²) in [5, 5.41) is 13.7. The predicted molar refractivity (Wildman–Crippen MR) is 137 cm³/mol. The number of nitrogens with zero attached hydrogens (tertiary/aromatic N) is 2. The molecular weight excluding hydrogens is 454 g/mol. The second-order valence-corrected chi connectivity index (χ2v) is 11.3. The number of aromatic nitrogens is 1. The van der Waals surface area contributed by atoms with E-state index in [4.69, 9.17) is 14.5 Å². The highest BCUT2D eigenvalue weighted by molar-refractivity contribution is 5.77. The highest BCUT2D eigenvalue weighted by Crippen LogP contribution is 2.59. The fraction of sp³-hybridized carbons (Fsp3) is 0.586. The van der Waals surface area contributed by atoms with Crippen molar-refractivity contribution in [2.24, 2.45) is 0 Å². The first-order valence-electron chi connectivity index (χ1n) is 13.6. The zero-order valence-electron chi connectivity index (χ0n) is 21.5. The van der Waals surface area contributed by atoms with Crippen LogP contribution in [-0.4, -0.2) is 59.5 Å². The molecule has 1 aromatic heterocycles. The van der Waals surface area contributed by atoms with Crippen molar-refractivity contribution in [3.8, 4) is 0 Å². The third-order valence-electron chi connectivity index (χ3n) is 8.93. The van der Waals surface area contributed by atoms with Crippen molar-refractivity contribution >= 4 is 11.8 Å². The first-order chi connectivity index (χ1) is 17.4. The van der Waals surface area contributed by atoms with Crippen LogP contribution in [0, 0.1) is 6.92 Å². The number of aliphatic carboxylic acids is 1. The van der Waals surface area contributed by atoms with E-state index < -0.39 is 17.7 Å². The van der Waals surface area contributed by atoms with Crippen LogP contribution in [0.4, 0.5) is 5.82 Å². The number of nitrogens with one attached hydrogen (secondary N) is 1. The number of hydrogen-bond donors (Lipinski definition) is 2. The van der Waals surface area contributed by atoms with E-state index in [-0.39, 0.29) is 6.10 Å². The van der Waals surface area contributed by atoms with Crippen molar-refractivity contribution in [2.45, 2.75) is 76.7 Å². The van der Waals surface area contributed by atoms with Gasteiger partial charge >= 0.3 is 5.97 Å². The Morgan fingerprint density at radius 1 is 1.22 bits per heavy atom. The summed E-state index contributed by atoms with van der Waals surface area (Å²) in [5.74, 6) is 0.317. The number of aryl methyl sites for hydroxylation is 3. The number of unbranched alkanes of at least 4 members (excludes halogenated alkanes) is 2. The lowest BCUT2D eigenvalue weighted by atomic mass is 9.89. The highest BCUT2D eigenvalue weighted by atomic mass is 16.5. The summed E-state index contributed by atoms with van der Waals surface area (Å²) in [7, 11) is 0. The molecule has 7 heteroatoms. The number of hydrogen-bond acceptors (Lipinski definition) is 5. The number of rotatable bonds is 8. The Balaban J connectivity index is 1.03. The minimum Gasteiger partial charge on any atom is -0.477 e. The van der Waals surface area contributed by atoms with E-state index in [2.05, 4.69) is 43.4 Å². The topological polar surface area (TPSA) is 80.7 Å². The normalized spacial score (nSPS) is 29.8. The number of quaternary nitrogens is 1. The van der Waals surface area contributed by atoms with E-state index >= 15 is 0 Å². The van der Waals surface area contributed by atoms with E-state index in [1.54, 1.807) is 0 Å². The molecule has 1 spiro atoms. The van der Waals surface area contributed by atoms with Crippen LogP contribution in [0.25, 0.3) is 0 Å². The molecule has 7 nitrogen and oxygen atoms in total. The second-order valence-electron chi connectivity index (χ2n) is 11.3. The van der Waals surface area contributed by atoms with Crippen LogP contribution in [-0.2, 0) is 39.3 Å². The first kappa shape index (κ1) is 23.9. The summed E-state index contributed by atoms with van der Waals surface area (Å²) in [4.78, 5) is 17.3. The van der Waals surface area contributed by atoms with Gasteiger partial charge in [-0.15, -0.1) is 0 Å². The molecule has 0 bridgehead atoms. The standard InChI is InChI=1S/C29H37N3O4/c1-19-15-21-11-14-36-29(2)25(21)24(16-19)26(28(33)34)32(29)17-23(18-32)35-13-5-3-4-8-22-10-9-20-7-6-12-30-27(20)31-22/h9-10,15-16,23,26H,3-8,11-14,17-18H2,1-2H3,(H-,30,31,33,34)/p+1. The predicted octanol–water partition coefficient (Wildman–Crippen LogP) is 4.26. The fourth-order valence-electron chi connectivity index (χ4n) is 7.19. The first-order valence-corrected chi connectivity index (χ1v) is 13.6. The molecule has 1 saturated heterocycles. The van der Waals surface area contributed by atoms with Gasteiger partial charge in [-0.1, -0.05) is 24.1 Å². The van der Waals surface area contributed by atoms with E-state index in [1.807, 2.05) is 0 Å². The minimum atomic E-state index is -0.758. The lowest BCUT2D eigenvalue weighted by molar-refractivity contribution is -1.05. The molecule has 5 heterocycles. The van der Waals surface area contributed by atoms with Gasteiger partial charge < -0.3 is 19.9 Å². The number of carboxylic acids is 1. The van der Waals surface area contributed by atoms with Crippen LogP contribution >= 0.6 is 0 Å². The average Bonchev–Trinajstić information content (AvgIpc) is 3.06. The molecule has 6 rings (SSSR count). The molecule has 2 N–H and O–H groups in total. The van der Waals surface area contributed by atoms with Crippen molar-refractivity contribution in [2.75, 3.05) is 38.2 Å². The van der Waals surface area contributed by atoms with Crippen LogP contribution in [0.15, 0.2) is 24.3 Å². The van der Waals surface area contributed by atoms with Crippen molar-refractivity contribution in [3.05, 3.63) is 57.8 Å². The van der Waals surface area contributed by atoms with Crippen molar-refractivity contribution in [1.82, 2.24) is 4.98 Å². The number of benzene rings is 1. The van der Waals surface area contributed by atoms with Crippen molar-refractivity contribution < 1.29 is 23.9 Å². The van der Waals surface area contributed by atoms with Gasteiger partial charge in [-0.25, -0.2) is 9.78 Å². The van der Waals surface area contributed by atoms with Crippen molar-refractivity contribution in [1.29, 1.82) is 0 Å². The number of carboxylic acid groups (broad SMARTS) is 1. The second kappa shape index (κ2) is 9.12. The summed E-state index contributed by atoms with van der Waals surface area (Å²) < 4.78 is 13.1. The van der Waals surface area contributed by atoms with Gasteiger partial charge in [0.05, 0.1) is 12.2 Å². The molecular formula is C29H38N3O4+. The SMILES string of the molecule is Cc1cc2c3c(c1)C(C(=O)O)[N+]1(CC(OCCCCCc4ccc5c(n4)NCCC5)C1)C3(C)OCC2. The molecule has 0 aliphatic carbocycles. The number of anilines is 1. The summed E-state index contributed by atoms with van der Waals surface area (Å²) in [5.41, 5.74) is 6.36. The monoisotopic (exact) mass is 492 g/mol. The van der Waals surface area contributed by atoms with Gasteiger partial charge in [-0.3, -0.25) is 4.48 Å². The summed E-state index contributed by atoms with van der Waals surface area (Å²) in [6, 6.07) is 8.10. The average molecular weight is 493 g/mol. The van der Waals surface area contributed by atoms with E-state index in [0.29, 0.717) is 24.2 Å². The largest absolute Gasteiger partial charge is 0.477 e. The Morgan fingerprint density at radius 2 is 2.08 bits per heavy atom. The smallest absolute Gasteiger partial charge is 0.367 e. The number of carbonyl (C=O) groups is 1. The Kier molecular flexibility index (Phi) is 6.05. The molecule has 2 atom stereocenters. The summed E-state index contributed by atoms with van der Waals surface area (Å²) in [6.45, 7) is 7.92. The van der Waals surface area contributed by atoms with Gasteiger partial charge in [-0.2, -0.15) is 0 Å². The van der Waals surface area contributed by atoms with Crippen LogP contribution in [0.1, 0.15) is 72.2 Å². The quantitative estimate of drug-likeness (QED) is 0.423. The number of fused-ring (bicyclic) bond motifs is 2. The van der Waals surface area contributed by atoms with Crippen LogP contribution in [0.2, 0.25) is 0 Å². The van der Waals surface area contributed by atoms with E-state index in [1.165, 1.54) is 17.5 Å². The third kappa shape index (κ3) is 3.75. The van der Waals surface area contributed by atoms with Gasteiger partial charge in [0.2, 0.25) is 11.8 Å². The van der Waals surface area contributed by atoms with Crippen LogP contribution in [0.3, 0.4) is 0 Å². The molecule has 4 aliphatic heterocycles. The lowest BCUT2D eigenvalue weighted by Crippen LogP contribution is -2.74. The van der Waals surface area contributed by atoms with Crippen LogP contribution < -0.4 is 5.32 Å². The maximum Gasteiger partial charge on any atom is 0.367 e. The maximum atomic E-state index is 12.5. The number of pyridine rings is 1. The molecule has 36 heavy (non-hydrogen) atoms. The molecule has 2 unspecified atom stereocenters. The summed E-state index contributed by atoms with van der Waals surface area (Å²) >= 11 is 0. The zero-order chi connectivity index (χ0) is 24.9. The molecule has 0 saturated carbocycles. The highest BCUT2D eigenvalue weighted by Gasteiger charge is 2.71. The van der Waals surface area contributed by atoms with Crippen LogP contribution in [0.5, 0.6) is 0 Å². The molecule has 0 radical (unpaired) electrons.